The van der Waals surface area contributed by atoms with Gasteiger partial charge in [-0.3, -0.25) is 19.3 Å². The van der Waals surface area contributed by atoms with Crippen molar-refractivity contribution in [3.63, 3.8) is 0 Å². The van der Waals surface area contributed by atoms with Gasteiger partial charge in [-0.25, -0.2) is 8.78 Å². The van der Waals surface area contributed by atoms with E-state index in [0.717, 1.165) is 4.90 Å². The molecule has 3 aromatic rings. The molecule has 11 heteroatoms. The van der Waals surface area contributed by atoms with E-state index in [2.05, 4.69) is 5.32 Å². The number of hydrogen-bond donors (Lipinski definition) is 1. The molecular formula is C26H19ClF2N2O5S. The normalized spacial score (nSPS) is 14.3. The highest BCUT2D eigenvalue weighted by Crippen LogP contribution is 2.39. The smallest absolute Gasteiger partial charge is 0.294 e. The predicted octanol–water partition coefficient (Wildman–Crippen LogP) is 5.88. The SMILES string of the molecule is COc1cc(/C=C2\SC(=O)N(CC(=O)Nc3ccccc3F)C2=O)cc(Cl)c1OCc1ccccc1F. The van der Waals surface area contributed by atoms with Gasteiger partial charge in [-0.2, -0.15) is 0 Å². The van der Waals surface area contributed by atoms with Gasteiger partial charge in [0.15, 0.2) is 11.5 Å². The number of halogens is 3. The summed E-state index contributed by atoms with van der Waals surface area (Å²) in [5.74, 6) is -2.06. The Hall–Kier alpha value is -3.89. The molecule has 0 aromatic heterocycles. The summed E-state index contributed by atoms with van der Waals surface area (Å²) in [5.41, 5.74) is 0.702. The minimum Gasteiger partial charge on any atom is -0.493 e. The molecule has 0 atom stereocenters. The van der Waals surface area contributed by atoms with Gasteiger partial charge in [-0.1, -0.05) is 41.9 Å². The van der Waals surface area contributed by atoms with Gasteiger partial charge < -0.3 is 14.8 Å². The second kappa shape index (κ2) is 11.4. The Labute approximate surface area is 220 Å². The summed E-state index contributed by atoms with van der Waals surface area (Å²) in [7, 11) is 1.40. The van der Waals surface area contributed by atoms with E-state index in [1.165, 1.54) is 49.6 Å². The number of nitrogens with zero attached hydrogens (tertiary/aromatic N) is 1. The summed E-state index contributed by atoms with van der Waals surface area (Å²) in [6.45, 7) is -0.667. The van der Waals surface area contributed by atoms with Gasteiger partial charge >= 0.3 is 0 Å². The van der Waals surface area contributed by atoms with Crippen LogP contribution in [0.1, 0.15) is 11.1 Å². The highest BCUT2D eigenvalue weighted by atomic mass is 35.5. The van der Waals surface area contributed by atoms with Crippen molar-refractivity contribution in [1.29, 1.82) is 0 Å². The number of carbonyl (C=O) groups is 3. The minimum absolute atomic E-state index is 0.0573. The third-order valence-corrected chi connectivity index (χ3v) is 6.39. The largest absolute Gasteiger partial charge is 0.493 e. The Balaban J connectivity index is 1.48. The molecule has 190 valence electrons. The number of para-hydroxylation sites is 1. The van der Waals surface area contributed by atoms with Gasteiger partial charge in [-0.15, -0.1) is 0 Å². The fourth-order valence-corrected chi connectivity index (χ4v) is 4.52. The van der Waals surface area contributed by atoms with Crippen molar-refractivity contribution < 1.29 is 32.6 Å². The van der Waals surface area contributed by atoms with E-state index in [4.69, 9.17) is 21.1 Å². The summed E-state index contributed by atoms with van der Waals surface area (Å²) in [4.78, 5) is 38.3. The average Bonchev–Trinajstić information content (AvgIpc) is 3.12. The van der Waals surface area contributed by atoms with E-state index in [1.807, 2.05) is 0 Å². The number of nitrogens with one attached hydrogen (secondary N) is 1. The van der Waals surface area contributed by atoms with E-state index in [1.54, 1.807) is 24.3 Å². The first kappa shape index (κ1) is 26.2. The number of amides is 3. The lowest BCUT2D eigenvalue weighted by Gasteiger charge is -2.14. The lowest BCUT2D eigenvalue weighted by Crippen LogP contribution is -2.36. The Morgan fingerprint density at radius 2 is 1.78 bits per heavy atom. The van der Waals surface area contributed by atoms with Crippen LogP contribution in [0.3, 0.4) is 0 Å². The molecule has 0 bridgehead atoms. The van der Waals surface area contributed by atoms with Gasteiger partial charge in [0.2, 0.25) is 5.91 Å². The molecule has 3 aromatic carbocycles. The van der Waals surface area contributed by atoms with Crippen LogP contribution in [0, 0.1) is 11.6 Å². The van der Waals surface area contributed by atoms with Crippen molar-refractivity contribution in [2.24, 2.45) is 0 Å². The average molecular weight is 545 g/mol. The van der Waals surface area contributed by atoms with Crippen LogP contribution in [0.2, 0.25) is 5.02 Å². The van der Waals surface area contributed by atoms with Gasteiger partial charge in [0, 0.05) is 5.56 Å². The second-order valence-corrected chi connectivity index (χ2v) is 9.11. The first-order valence-corrected chi connectivity index (χ1v) is 12.0. The molecule has 0 unspecified atom stereocenters. The minimum atomic E-state index is -0.727. The number of anilines is 1. The quantitative estimate of drug-likeness (QED) is 0.356. The lowest BCUT2D eigenvalue weighted by molar-refractivity contribution is -0.127. The molecule has 37 heavy (non-hydrogen) atoms. The van der Waals surface area contributed by atoms with E-state index < -0.39 is 35.2 Å². The molecule has 0 saturated carbocycles. The third-order valence-electron chi connectivity index (χ3n) is 5.20. The van der Waals surface area contributed by atoms with E-state index >= 15 is 0 Å². The number of benzene rings is 3. The highest BCUT2D eigenvalue weighted by Gasteiger charge is 2.36. The molecule has 0 spiro atoms. The maximum Gasteiger partial charge on any atom is 0.294 e. The number of imide groups is 1. The number of carbonyl (C=O) groups excluding carboxylic acids is 3. The molecule has 3 amide bonds. The zero-order valence-corrected chi connectivity index (χ0v) is 20.9. The van der Waals surface area contributed by atoms with Gasteiger partial charge in [0.1, 0.15) is 24.8 Å². The zero-order chi connectivity index (χ0) is 26.5. The van der Waals surface area contributed by atoms with Crippen molar-refractivity contribution in [2.45, 2.75) is 6.61 Å². The zero-order valence-electron chi connectivity index (χ0n) is 19.3. The van der Waals surface area contributed by atoms with Crippen LogP contribution in [-0.2, 0) is 16.2 Å². The summed E-state index contributed by atoms with van der Waals surface area (Å²) >= 11 is 7.02. The number of methoxy groups -OCH3 is 1. The summed E-state index contributed by atoms with van der Waals surface area (Å²) in [6.07, 6.45) is 1.43. The topological polar surface area (TPSA) is 84.9 Å². The van der Waals surface area contributed by atoms with Crippen LogP contribution in [0.4, 0.5) is 19.3 Å². The van der Waals surface area contributed by atoms with Gasteiger partial charge in [-0.05, 0) is 53.7 Å². The molecule has 1 aliphatic rings. The molecule has 4 rings (SSSR count). The van der Waals surface area contributed by atoms with Crippen LogP contribution in [0.5, 0.6) is 11.5 Å². The summed E-state index contributed by atoms with van der Waals surface area (Å²) in [6, 6.07) is 14.7. The molecular weight excluding hydrogens is 526 g/mol. The fourth-order valence-electron chi connectivity index (χ4n) is 3.41. The number of hydrogen-bond acceptors (Lipinski definition) is 6. The molecule has 1 heterocycles. The maximum atomic E-state index is 13.9. The van der Waals surface area contributed by atoms with E-state index in [9.17, 15) is 23.2 Å². The van der Waals surface area contributed by atoms with E-state index in [0.29, 0.717) is 22.9 Å². The number of rotatable bonds is 8. The fraction of sp³-hybridized carbons (Fsp3) is 0.115. The van der Waals surface area contributed by atoms with Gasteiger partial charge in [0.05, 0.1) is 22.7 Å². The molecule has 1 N–H and O–H groups in total. The molecule has 1 fully saturated rings. The van der Waals surface area contributed by atoms with Crippen molar-refractivity contribution in [2.75, 3.05) is 19.0 Å². The molecule has 1 aliphatic heterocycles. The highest BCUT2D eigenvalue weighted by molar-refractivity contribution is 8.18. The maximum absolute atomic E-state index is 13.9. The summed E-state index contributed by atoms with van der Waals surface area (Å²) < 4.78 is 38.7. The summed E-state index contributed by atoms with van der Waals surface area (Å²) in [5, 5.41) is 1.83. The number of thioether (sulfide) groups is 1. The van der Waals surface area contributed by atoms with Crippen LogP contribution >= 0.6 is 23.4 Å². The predicted molar refractivity (Wildman–Crippen MR) is 136 cm³/mol. The van der Waals surface area contributed by atoms with E-state index in [-0.39, 0.29) is 33.7 Å². The van der Waals surface area contributed by atoms with Crippen molar-refractivity contribution >= 4 is 52.2 Å². The number of ether oxygens (including phenoxy) is 2. The molecule has 0 aliphatic carbocycles. The van der Waals surface area contributed by atoms with Crippen LogP contribution in [0.25, 0.3) is 6.08 Å². The monoisotopic (exact) mass is 544 g/mol. The Bertz CT molecular complexity index is 1420. The second-order valence-electron chi connectivity index (χ2n) is 7.71. The third kappa shape index (κ3) is 6.10. The molecule has 1 saturated heterocycles. The van der Waals surface area contributed by atoms with Crippen molar-refractivity contribution in [3.05, 3.63) is 93.4 Å². The lowest BCUT2D eigenvalue weighted by atomic mass is 10.1. The Morgan fingerprint density at radius 3 is 2.49 bits per heavy atom. The molecule has 7 nitrogen and oxygen atoms in total. The van der Waals surface area contributed by atoms with Crippen LogP contribution in [0.15, 0.2) is 65.6 Å². The van der Waals surface area contributed by atoms with Crippen LogP contribution < -0.4 is 14.8 Å². The first-order chi connectivity index (χ1) is 17.8. The standard InChI is InChI=1S/C26H19ClF2N2O5S/c1-35-21-11-15(10-17(27)24(21)36-14-16-6-2-3-7-18(16)28)12-22-25(33)31(26(34)37-22)13-23(32)30-20-9-5-4-8-19(20)29/h2-12H,13-14H2,1H3,(H,30,32)/b22-12-. The Morgan fingerprint density at radius 1 is 1.08 bits per heavy atom. The first-order valence-electron chi connectivity index (χ1n) is 10.8. The van der Waals surface area contributed by atoms with Crippen LogP contribution in [-0.4, -0.2) is 35.6 Å². The van der Waals surface area contributed by atoms with Crippen molar-refractivity contribution in [1.82, 2.24) is 4.90 Å². The van der Waals surface area contributed by atoms with Gasteiger partial charge in [0.25, 0.3) is 11.1 Å². The molecule has 0 radical (unpaired) electrons. The Kier molecular flexibility index (Phi) is 8.10. The van der Waals surface area contributed by atoms with Crippen molar-refractivity contribution in [3.8, 4) is 11.5 Å².